The normalized spacial score (nSPS) is 16.7. The van der Waals surface area contributed by atoms with Crippen LogP contribution >= 0.6 is 27.5 Å². The van der Waals surface area contributed by atoms with E-state index in [0.29, 0.717) is 16.5 Å². The van der Waals surface area contributed by atoms with Gasteiger partial charge in [0.25, 0.3) is 5.91 Å². The molecule has 0 radical (unpaired) electrons. The standard InChI is InChI=1S/C13H15BrClNO/c1-8(9-3-4-9)16(2)13(17)11-7-10(14)5-6-12(11)15/h5-9H,3-4H2,1-2H3. The van der Waals surface area contributed by atoms with E-state index < -0.39 is 0 Å². The summed E-state index contributed by atoms with van der Waals surface area (Å²) >= 11 is 9.43. The van der Waals surface area contributed by atoms with Gasteiger partial charge in [0.2, 0.25) is 0 Å². The van der Waals surface area contributed by atoms with E-state index in [4.69, 9.17) is 11.6 Å². The molecule has 2 nitrogen and oxygen atoms in total. The van der Waals surface area contributed by atoms with Crippen LogP contribution < -0.4 is 0 Å². The van der Waals surface area contributed by atoms with E-state index in [1.807, 2.05) is 13.1 Å². The van der Waals surface area contributed by atoms with E-state index in [0.717, 1.165) is 4.47 Å². The van der Waals surface area contributed by atoms with Gasteiger partial charge >= 0.3 is 0 Å². The number of carbonyl (C=O) groups is 1. The van der Waals surface area contributed by atoms with E-state index >= 15 is 0 Å². The fraction of sp³-hybridized carbons (Fsp3) is 0.462. The first-order valence-electron chi connectivity index (χ1n) is 5.73. The van der Waals surface area contributed by atoms with Crippen LogP contribution in [-0.4, -0.2) is 23.9 Å². The second-order valence-corrected chi connectivity index (χ2v) is 5.94. The van der Waals surface area contributed by atoms with Gasteiger partial charge in [-0.15, -0.1) is 0 Å². The second kappa shape index (κ2) is 4.99. The molecule has 0 spiro atoms. The lowest BCUT2D eigenvalue weighted by Crippen LogP contribution is -2.36. The van der Waals surface area contributed by atoms with Crippen LogP contribution in [0.2, 0.25) is 5.02 Å². The Balaban J connectivity index is 2.20. The minimum absolute atomic E-state index is 0.00398. The Morgan fingerprint density at radius 2 is 2.18 bits per heavy atom. The Labute approximate surface area is 115 Å². The molecular weight excluding hydrogens is 302 g/mol. The Kier molecular flexibility index (Phi) is 3.79. The molecule has 1 unspecified atom stereocenters. The molecule has 1 fully saturated rings. The van der Waals surface area contributed by atoms with Crippen molar-refractivity contribution in [1.29, 1.82) is 0 Å². The van der Waals surface area contributed by atoms with Gasteiger partial charge in [-0.1, -0.05) is 27.5 Å². The number of rotatable bonds is 3. The van der Waals surface area contributed by atoms with E-state index in [9.17, 15) is 4.79 Å². The predicted octanol–water partition coefficient (Wildman–Crippen LogP) is 3.97. The largest absolute Gasteiger partial charge is 0.339 e. The summed E-state index contributed by atoms with van der Waals surface area (Å²) < 4.78 is 0.873. The first-order valence-corrected chi connectivity index (χ1v) is 6.90. The molecule has 0 heterocycles. The van der Waals surface area contributed by atoms with Crippen molar-refractivity contribution in [1.82, 2.24) is 4.90 Å². The molecule has 0 aromatic heterocycles. The summed E-state index contributed by atoms with van der Waals surface area (Å²) in [6.07, 6.45) is 2.45. The van der Waals surface area contributed by atoms with Crippen LogP contribution in [0.25, 0.3) is 0 Å². The molecule has 17 heavy (non-hydrogen) atoms. The number of carbonyl (C=O) groups excluding carboxylic acids is 1. The highest BCUT2D eigenvalue weighted by Crippen LogP contribution is 2.35. The maximum atomic E-state index is 12.3. The summed E-state index contributed by atoms with van der Waals surface area (Å²) in [6.45, 7) is 2.10. The van der Waals surface area contributed by atoms with Crippen molar-refractivity contribution in [3.63, 3.8) is 0 Å². The van der Waals surface area contributed by atoms with E-state index in [1.165, 1.54) is 12.8 Å². The van der Waals surface area contributed by atoms with Crippen LogP contribution in [0.15, 0.2) is 22.7 Å². The molecule has 0 bridgehead atoms. The lowest BCUT2D eigenvalue weighted by atomic mass is 10.1. The van der Waals surface area contributed by atoms with Gasteiger partial charge < -0.3 is 4.90 Å². The molecule has 1 aromatic rings. The van der Waals surface area contributed by atoms with Crippen molar-refractivity contribution >= 4 is 33.4 Å². The predicted molar refractivity (Wildman–Crippen MR) is 73.4 cm³/mol. The fourth-order valence-electron chi connectivity index (χ4n) is 1.93. The Morgan fingerprint density at radius 3 is 2.76 bits per heavy atom. The SMILES string of the molecule is CC(C1CC1)N(C)C(=O)c1cc(Br)ccc1Cl. The Morgan fingerprint density at radius 1 is 1.53 bits per heavy atom. The van der Waals surface area contributed by atoms with Crippen LogP contribution in [0.1, 0.15) is 30.1 Å². The average Bonchev–Trinajstić information content (AvgIpc) is 3.13. The van der Waals surface area contributed by atoms with Crippen molar-refractivity contribution in [2.75, 3.05) is 7.05 Å². The minimum atomic E-state index is -0.00398. The second-order valence-electron chi connectivity index (χ2n) is 4.62. The fourth-order valence-corrected chi connectivity index (χ4v) is 2.49. The molecule has 1 aromatic carbocycles. The van der Waals surface area contributed by atoms with Gasteiger partial charge in [0.05, 0.1) is 10.6 Å². The summed E-state index contributed by atoms with van der Waals surface area (Å²) in [5.74, 6) is 0.658. The number of amides is 1. The van der Waals surface area contributed by atoms with Crippen molar-refractivity contribution in [3.05, 3.63) is 33.3 Å². The summed E-state index contributed by atoms with van der Waals surface area (Å²) in [7, 11) is 1.85. The first kappa shape index (κ1) is 12.9. The van der Waals surface area contributed by atoms with Crippen LogP contribution in [0.4, 0.5) is 0 Å². The maximum Gasteiger partial charge on any atom is 0.255 e. The summed E-state index contributed by atoms with van der Waals surface area (Å²) in [4.78, 5) is 14.1. The van der Waals surface area contributed by atoms with Gasteiger partial charge in [-0.25, -0.2) is 0 Å². The number of nitrogens with zero attached hydrogens (tertiary/aromatic N) is 1. The van der Waals surface area contributed by atoms with Crippen LogP contribution in [-0.2, 0) is 0 Å². The van der Waals surface area contributed by atoms with Crippen LogP contribution in [0.3, 0.4) is 0 Å². The molecule has 1 amide bonds. The minimum Gasteiger partial charge on any atom is -0.339 e. The van der Waals surface area contributed by atoms with Crippen LogP contribution in [0, 0.1) is 5.92 Å². The quantitative estimate of drug-likeness (QED) is 0.826. The molecule has 1 saturated carbocycles. The molecule has 1 aliphatic carbocycles. The topological polar surface area (TPSA) is 20.3 Å². The highest BCUT2D eigenvalue weighted by Gasteiger charge is 2.33. The maximum absolute atomic E-state index is 12.3. The average molecular weight is 317 g/mol. The zero-order valence-electron chi connectivity index (χ0n) is 9.91. The summed E-state index contributed by atoms with van der Waals surface area (Å²) in [6, 6.07) is 5.65. The van der Waals surface area contributed by atoms with Crippen molar-refractivity contribution in [3.8, 4) is 0 Å². The molecule has 1 atom stereocenters. The molecule has 0 N–H and O–H groups in total. The molecule has 4 heteroatoms. The first-order chi connectivity index (χ1) is 8.00. The Bertz CT molecular complexity index is 445. The summed E-state index contributed by atoms with van der Waals surface area (Å²) in [5.41, 5.74) is 0.566. The lowest BCUT2D eigenvalue weighted by molar-refractivity contribution is 0.0727. The zero-order chi connectivity index (χ0) is 12.6. The molecule has 0 saturated heterocycles. The van der Waals surface area contributed by atoms with E-state index in [-0.39, 0.29) is 11.9 Å². The molecule has 2 rings (SSSR count). The van der Waals surface area contributed by atoms with Gasteiger partial charge in [0.15, 0.2) is 0 Å². The van der Waals surface area contributed by atoms with Crippen molar-refractivity contribution in [2.45, 2.75) is 25.8 Å². The lowest BCUT2D eigenvalue weighted by Gasteiger charge is -2.25. The number of hydrogen-bond donors (Lipinski definition) is 0. The summed E-state index contributed by atoms with van der Waals surface area (Å²) in [5, 5.41) is 0.507. The third-order valence-electron chi connectivity index (χ3n) is 3.39. The number of halogens is 2. The Hall–Kier alpha value is -0.540. The smallest absolute Gasteiger partial charge is 0.255 e. The van der Waals surface area contributed by atoms with Gasteiger partial charge in [-0.05, 0) is 43.9 Å². The number of benzene rings is 1. The van der Waals surface area contributed by atoms with E-state index in [2.05, 4.69) is 22.9 Å². The van der Waals surface area contributed by atoms with Gasteiger partial charge in [-0.2, -0.15) is 0 Å². The highest BCUT2D eigenvalue weighted by molar-refractivity contribution is 9.10. The van der Waals surface area contributed by atoms with E-state index in [1.54, 1.807) is 17.0 Å². The van der Waals surface area contributed by atoms with Gasteiger partial charge in [0.1, 0.15) is 0 Å². The highest BCUT2D eigenvalue weighted by atomic mass is 79.9. The monoisotopic (exact) mass is 315 g/mol. The van der Waals surface area contributed by atoms with Gasteiger partial charge in [-0.3, -0.25) is 4.79 Å². The van der Waals surface area contributed by atoms with Crippen molar-refractivity contribution in [2.24, 2.45) is 5.92 Å². The molecule has 0 aliphatic heterocycles. The van der Waals surface area contributed by atoms with Crippen molar-refractivity contribution < 1.29 is 4.79 Å². The molecular formula is C13H15BrClNO. The number of hydrogen-bond acceptors (Lipinski definition) is 1. The van der Waals surface area contributed by atoms with Gasteiger partial charge in [0, 0.05) is 17.6 Å². The molecule has 1 aliphatic rings. The third kappa shape index (κ3) is 2.83. The molecule has 92 valence electrons. The zero-order valence-corrected chi connectivity index (χ0v) is 12.3. The third-order valence-corrected chi connectivity index (χ3v) is 4.22. The van der Waals surface area contributed by atoms with Crippen LogP contribution in [0.5, 0.6) is 0 Å².